The molecule has 0 aliphatic carbocycles. The summed E-state index contributed by atoms with van der Waals surface area (Å²) < 4.78 is 12.4. The second-order valence-electron chi connectivity index (χ2n) is 6.09. The van der Waals surface area contributed by atoms with Crippen LogP contribution in [0.4, 0.5) is 0 Å². The maximum absolute atomic E-state index is 12.2. The van der Waals surface area contributed by atoms with Gasteiger partial charge in [0.15, 0.2) is 5.16 Å². The predicted molar refractivity (Wildman–Crippen MR) is 106 cm³/mol. The van der Waals surface area contributed by atoms with Crippen LogP contribution in [0.25, 0.3) is 0 Å². The number of nitrogens with zero attached hydrogens (tertiary/aromatic N) is 2. The van der Waals surface area contributed by atoms with Gasteiger partial charge in [0.05, 0.1) is 32.2 Å². The van der Waals surface area contributed by atoms with Crippen molar-refractivity contribution < 1.29 is 19.4 Å². The van der Waals surface area contributed by atoms with Gasteiger partial charge in [-0.15, -0.1) is 0 Å². The molecule has 0 aliphatic heterocycles. The average Bonchev–Trinajstić information content (AvgIpc) is 3.08. The highest BCUT2D eigenvalue weighted by Crippen LogP contribution is 2.28. The normalized spacial score (nSPS) is 12.0. The molecule has 1 aromatic heterocycles. The molecule has 0 bridgehead atoms. The minimum Gasteiger partial charge on any atom is -0.497 e. The zero-order valence-electron chi connectivity index (χ0n) is 16.2. The highest BCUT2D eigenvalue weighted by atomic mass is 32.2. The fourth-order valence-corrected chi connectivity index (χ4v) is 3.96. The molecular formula is C20H28N2O4S. The van der Waals surface area contributed by atoms with Gasteiger partial charge in [-0.3, -0.25) is 4.79 Å². The van der Waals surface area contributed by atoms with Gasteiger partial charge in [-0.05, 0) is 37.5 Å². The molecular weight excluding hydrogens is 364 g/mol. The van der Waals surface area contributed by atoms with E-state index >= 15 is 0 Å². The van der Waals surface area contributed by atoms with Crippen LogP contribution in [0.1, 0.15) is 37.9 Å². The fraction of sp³-hybridized carbons (Fsp3) is 0.500. The van der Waals surface area contributed by atoms with Crippen molar-refractivity contribution in [3.63, 3.8) is 0 Å². The van der Waals surface area contributed by atoms with Gasteiger partial charge in [0.2, 0.25) is 0 Å². The smallest absolute Gasteiger partial charge is 0.319 e. The number of esters is 1. The quantitative estimate of drug-likeness (QED) is 0.466. The molecule has 1 N–H and O–H groups in total. The fourth-order valence-electron chi connectivity index (χ4n) is 2.73. The van der Waals surface area contributed by atoms with Crippen LogP contribution in [-0.4, -0.2) is 39.6 Å². The molecule has 1 atom stereocenters. The summed E-state index contributed by atoms with van der Waals surface area (Å²) in [5.41, 5.74) is 1.91. The van der Waals surface area contributed by atoms with E-state index in [-0.39, 0.29) is 17.8 Å². The molecule has 6 nitrogen and oxygen atoms in total. The summed E-state index contributed by atoms with van der Waals surface area (Å²) in [6, 6.07) is 7.92. The minimum absolute atomic E-state index is 0.0893. The number of thioether (sulfide) groups is 1. The van der Waals surface area contributed by atoms with Crippen molar-refractivity contribution in [2.24, 2.45) is 0 Å². The summed E-state index contributed by atoms with van der Waals surface area (Å²) in [5, 5.41) is 10.1. The van der Waals surface area contributed by atoms with Gasteiger partial charge in [0, 0.05) is 6.54 Å². The predicted octanol–water partition coefficient (Wildman–Crippen LogP) is 3.45. The third-order valence-corrected chi connectivity index (χ3v) is 5.44. The molecule has 0 saturated carbocycles. The number of rotatable bonds is 11. The van der Waals surface area contributed by atoms with E-state index in [1.165, 1.54) is 17.3 Å². The van der Waals surface area contributed by atoms with Crippen LogP contribution in [-0.2, 0) is 29.1 Å². The summed E-state index contributed by atoms with van der Waals surface area (Å²) in [5.74, 6) is 0.616. The zero-order valence-corrected chi connectivity index (χ0v) is 17.0. The van der Waals surface area contributed by atoms with Crippen molar-refractivity contribution in [3.05, 3.63) is 41.7 Å². The van der Waals surface area contributed by atoms with E-state index in [0.29, 0.717) is 13.2 Å². The number of imidazole rings is 1. The largest absolute Gasteiger partial charge is 0.497 e. The third-order valence-electron chi connectivity index (χ3n) is 4.19. The van der Waals surface area contributed by atoms with Crippen LogP contribution < -0.4 is 4.74 Å². The molecule has 2 aromatic rings. The molecule has 1 heterocycles. The standard InChI is InChI=1S/C20H28N2O4S/c1-4-6-18(19(24)26-5-2)27-20-21-13-16(14-23)22(20)12-11-15-7-9-17(25-3)10-8-15/h7-10,13,18,23H,4-6,11-12,14H2,1-3H3/t18-/m0/s1. The Hall–Kier alpha value is -1.99. The molecule has 27 heavy (non-hydrogen) atoms. The van der Waals surface area contributed by atoms with Crippen LogP contribution in [0.2, 0.25) is 0 Å². The summed E-state index contributed by atoms with van der Waals surface area (Å²) in [6.45, 7) is 4.81. The third kappa shape index (κ3) is 6.01. The average molecular weight is 393 g/mol. The van der Waals surface area contributed by atoms with E-state index in [4.69, 9.17) is 9.47 Å². The van der Waals surface area contributed by atoms with Gasteiger partial charge in [0.1, 0.15) is 11.0 Å². The monoisotopic (exact) mass is 392 g/mol. The molecule has 0 unspecified atom stereocenters. The number of aromatic nitrogens is 2. The molecule has 2 rings (SSSR count). The molecule has 0 saturated heterocycles. The summed E-state index contributed by atoms with van der Waals surface area (Å²) in [4.78, 5) is 16.7. The van der Waals surface area contributed by atoms with E-state index in [1.54, 1.807) is 13.3 Å². The Balaban J connectivity index is 2.12. The second-order valence-corrected chi connectivity index (χ2v) is 7.26. The first-order chi connectivity index (χ1) is 13.1. The SMILES string of the molecule is CCC[C@H](Sc1ncc(CO)n1CCc1ccc(OC)cc1)C(=O)OCC. The molecule has 0 spiro atoms. The Labute approximate surface area is 164 Å². The molecule has 0 aliphatic rings. The number of hydrogen-bond donors (Lipinski definition) is 1. The van der Waals surface area contributed by atoms with Crippen molar-refractivity contribution in [1.29, 1.82) is 0 Å². The molecule has 1 aromatic carbocycles. The molecule has 0 radical (unpaired) electrons. The number of aliphatic hydroxyl groups excluding tert-OH is 1. The van der Waals surface area contributed by atoms with E-state index in [2.05, 4.69) is 4.98 Å². The Morgan fingerprint density at radius 3 is 2.63 bits per heavy atom. The number of ether oxygens (including phenoxy) is 2. The zero-order chi connectivity index (χ0) is 19.6. The number of hydrogen-bond acceptors (Lipinski definition) is 6. The number of aliphatic hydroxyl groups is 1. The van der Waals surface area contributed by atoms with Crippen molar-refractivity contribution in [1.82, 2.24) is 9.55 Å². The van der Waals surface area contributed by atoms with Crippen LogP contribution in [0.15, 0.2) is 35.6 Å². The topological polar surface area (TPSA) is 73.6 Å². The number of carbonyl (C=O) groups is 1. The van der Waals surface area contributed by atoms with Crippen LogP contribution in [0.5, 0.6) is 5.75 Å². The lowest BCUT2D eigenvalue weighted by molar-refractivity contribution is -0.142. The molecule has 148 valence electrons. The maximum Gasteiger partial charge on any atom is 0.319 e. The minimum atomic E-state index is -0.288. The maximum atomic E-state index is 12.2. The van der Waals surface area contributed by atoms with Gasteiger partial charge in [-0.1, -0.05) is 37.2 Å². The molecule has 0 fully saturated rings. The van der Waals surface area contributed by atoms with Crippen LogP contribution in [0.3, 0.4) is 0 Å². The van der Waals surface area contributed by atoms with Gasteiger partial charge in [-0.2, -0.15) is 0 Å². The molecule has 7 heteroatoms. The van der Waals surface area contributed by atoms with E-state index in [9.17, 15) is 9.90 Å². The summed E-state index contributed by atoms with van der Waals surface area (Å²) in [7, 11) is 1.65. The number of benzene rings is 1. The number of aryl methyl sites for hydroxylation is 1. The van der Waals surface area contributed by atoms with Gasteiger partial charge in [-0.25, -0.2) is 4.98 Å². The van der Waals surface area contributed by atoms with Crippen molar-refractivity contribution in [3.8, 4) is 5.75 Å². The number of methoxy groups -OCH3 is 1. The number of carbonyl (C=O) groups excluding carboxylic acids is 1. The Kier molecular flexibility index (Phi) is 8.67. The Morgan fingerprint density at radius 2 is 2.04 bits per heavy atom. The first-order valence-corrected chi connectivity index (χ1v) is 10.1. The van der Waals surface area contributed by atoms with E-state index < -0.39 is 0 Å². The Bertz CT molecular complexity index is 715. The van der Waals surface area contributed by atoms with E-state index in [0.717, 1.165) is 35.9 Å². The molecule has 0 amide bonds. The van der Waals surface area contributed by atoms with Crippen molar-refractivity contribution >= 4 is 17.7 Å². The van der Waals surface area contributed by atoms with Gasteiger partial charge >= 0.3 is 5.97 Å². The first kappa shape index (κ1) is 21.3. The lowest BCUT2D eigenvalue weighted by atomic mass is 10.1. The highest BCUT2D eigenvalue weighted by molar-refractivity contribution is 8.00. The summed E-state index contributed by atoms with van der Waals surface area (Å²) >= 11 is 1.41. The van der Waals surface area contributed by atoms with E-state index in [1.807, 2.05) is 42.7 Å². The second kappa shape index (κ2) is 11.0. The van der Waals surface area contributed by atoms with Crippen molar-refractivity contribution in [2.45, 2.75) is 56.7 Å². The van der Waals surface area contributed by atoms with Crippen molar-refractivity contribution in [2.75, 3.05) is 13.7 Å². The van der Waals surface area contributed by atoms with Gasteiger partial charge in [0.25, 0.3) is 0 Å². The first-order valence-electron chi connectivity index (χ1n) is 9.24. The van der Waals surface area contributed by atoms with Gasteiger partial charge < -0.3 is 19.1 Å². The lowest BCUT2D eigenvalue weighted by Crippen LogP contribution is -2.21. The highest BCUT2D eigenvalue weighted by Gasteiger charge is 2.23. The lowest BCUT2D eigenvalue weighted by Gasteiger charge is -2.16. The van der Waals surface area contributed by atoms with Crippen LogP contribution in [0, 0.1) is 0 Å². The van der Waals surface area contributed by atoms with Crippen LogP contribution >= 0.6 is 11.8 Å². The Morgan fingerprint density at radius 1 is 1.30 bits per heavy atom. The summed E-state index contributed by atoms with van der Waals surface area (Å²) in [6.07, 6.45) is 4.07.